The summed E-state index contributed by atoms with van der Waals surface area (Å²) in [5.74, 6) is 0.660. The molecule has 0 aromatic carbocycles. The first-order valence-electron chi connectivity index (χ1n) is 11.6. The van der Waals surface area contributed by atoms with E-state index in [1.807, 2.05) is 13.8 Å². The van der Waals surface area contributed by atoms with Crippen LogP contribution in [0.25, 0.3) is 0 Å². The normalized spacial score (nSPS) is 36.9. The standard InChI is InChI=1S/C26H40O4/c1-16(2)25(29)15-30-18(4)22-10-11-23-19(7-6-12-26(22,23)5)8-9-20-13-21(27)14-24(28)17(20)3/h8-10,16,18,21,23-25,27-29H,3,6-7,11-15H2,1-2,4-5H3/t18-,21-,23+,24+,25+,26-/m1/s1. The Bertz CT molecular complexity index is 731. The lowest BCUT2D eigenvalue weighted by atomic mass is 9.63. The van der Waals surface area contributed by atoms with Crippen molar-refractivity contribution in [2.75, 3.05) is 6.61 Å². The molecule has 0 saturated heterocycles. The van der Waals surface area contributed by atoms with Crippen molar-refractivity contribution in [2.45, 2.75) is 90.6 Å². The third-order valence-electron chi connectivity index (χ3n) is 7.60. The Kier molecular flexibility index (Phi) is 7.44. The van der Waals surface area contributed by atoms with Gasteiger partial charge in [-0.25, -0.2) is 0 Å². The summed E-state index contributed by atoms with van der Waals surface area (Å²) in [6.45, 7) is 12.9. The molecule has 4 nitrogen and oxygen atoms in total. The van der Waals surface area contributed by atoms with E-state index >= 15 is 0 Å². The van der Waals surface area contributed by atoms with Gasteiger partial charge in [-0.2, -0.15) is 0 Å². The SMILES string of the molecule is C=C1C(=CC=C2CCC[C@]3(C)C([C@@H](C)OC[C@H](O)C(C)C)=CC[C@@H]23)C[C@@H](O)C[C@@H]1O. The highest BCUT2D eigenvalue weighted by molar-refractivity contribution is 5.40. The number of hydrogen-bond donors (Lipinski definition) is 3. The van der Waals surface area contributed by atoms with Crippen molar-refractivity contribution >= 4 is 0 Å². The molecule has 3 rings (SSSR count). The van der Waals surface area contributed by atoms with Gasteiger partial charge < -0.3 is 20.1 Å². The Hall–Kier alpha value is -1.20. The van der Waals surface area contributed by atoms with E-state index in [0.29, 0.717) is 25.4 Å². The van der Waals surface area contributed by atoms with Gasteiger partial charge in [0.25, 0.3) is 0 Å². The molecular formula is C26H40O4. The number of hydrogen-bond acceptors (Lipinski definition) is 4. The molecule has 0 bridgehead atoms. The molecule has 4 heteroatoms. The average molecular weight is 417 g/mol. The van der Waals surface area contributed by atoms with E-state index < -0.39 is 18.3 Å². The molecule has 0 amide bonds. The van der Waals surface area contributed by atoms with Gasteiger partial charge in [0.2, 0.25) is 0 Å². The highest BCUT2D eigenvalue weighted by Gasteiger charge is 2.46. The molecule has 0 unspecified atom stereocenters. The summed E-state index contributed by atoms with van der Waals surface area (Å²) in [7, 11) is 0. The van der Waals surface area contributed by atoms with Gasteiger partial charge in [-0.1, -0.05) is 51.2 Å². The van der Waals surface area contributed by atoms with E-state index in [0.717, 1.165) is 36.8 Å². The van der Waals surface area contributed by atoms with Crippen molar-refractivity contribution in [3.05, 3.63) is 47.1 Å². The molecule has 3 aliphatic carbocycles. The quantitative estimate of drug-likeness (QED) is 0.559. The third kappa shape index (κ3) is 4.83. The maximum absolute atomic E-state index is 10.1. The van der Waals surface area contributed by atoms with E-state index in [-0.39, 0.29) is 17.4 Å². The average Bonchev–Trinajstić information content (AvgIpc) is 3.04. The van der Waals surface area contributed by atoms with E-state index in [9.17, 15) is 15.3 Å². The van der Waals surface area contributed by atoms with Gasteiger partial charge in [0.15, 0.2) is 0 Å². The second-order valence-electron chi connectivity index (χ2n) is 10.1. The first-order valence-corrected chi connectivity index (χ1v) is 11.6. The lowest BCUT2D eigenvalue weighted by Crippen LogP contribution is -2.35. The second-order valence-corrected chi connectivity index (χ2v) is 10.1. The Balaban J connectivity index is 1.73. The Morgan fingerprint density at radius 1 is 1.27 bits per heavy atom. The number of ether oxygens (including phenoxy) is 1. The first kappa shape index (κ1) is 23.5. The Morgan fingerprint density at radius 3 is 2.70 bits per heavy atom. The maximum atomic E-state index is 10.1. The van der Waals surface area contributed by atoms with Crippen LogP contribution in [-0.2, 0) is 4.74 Å². The fourth-order valence-electron chi connectivity index (χ4n) is 5.47. The third-order valence-corrected chi connectivity index (χ3v) is 7.60. The van der Waals surface area contributed by atoms with Crippen LogP contribution < -0.4 is 0 Å². The largest absolute Gasteiger partial charge is 0.393 e. The van der Waals surface area contributed by atoms with Gasteiger partial charge >= 0.3 is 0 Å². The lowest BCUT2D eigenvalue weighted by molar-refractivity contribution is -0.0146. The fraction of sp³-hybridized carbons (Fsp3) is 0.692. The van der Waals surface area contributed by atoms with Gasteiger partial charge in [-0.05, 0) is 73.0 Å². The molecule has 0 heterocycles. The van der Waals surface area contributed by atoms with Crippen LogP contribution in [0.1, 0.15) is 66.2 Å². The topological polar surface area (TPSA) is 69.9 Å². The van der Waals surface area contributed by atoms with Crippen molar-refractivity contribution < 1.29 is 20.1 Å². The summed E-state index contributed by atoms with van der Waals surface area (Å²) in [5.41, 5.74) is 4.61. The minimum Gasteiger partial charge on any atom is -0.393 e. The molecule has 0 aromatic heterocycles. The zero-order valence-electron chi connectivity index (χ0n) is 19.1. The van der Waals surface area contributed by atoms with Crippen LogP contribution in [0.4, 0.5) is 0 Å². The number of allylic oxidation sites excluding steroid dienone is 4. The predicted octanol–water partition coefficient (Wildman–Crippen LogP) is 4.47. The minimum absolute atomic E-state index is 0.00882. The molecule has 2 saturated carbocycles. The second kappa shape index (κ2) is 9.52. The van der Waals surface area contributed by atoms with E-state index in [1.165, 1.54) is 11.1 Å². The summed E-state index contributed by atoms with van der Waals surface area (Å²) < 4.78 is 6.07. The molecule has 2 fully saturated rings. The number of aliphatic hydroxyl groups is 3. The Labute approximate surface area is 182 Å². The lowest BCUT2D eigenvalue weighted by Gasteiger charge is -2.42. The fourth-order valence-corrected chi connectivity index (χ4v) is 5.47. The molecule has 0 aromatic rings. The Morgan fingerprint density at radius 2 is 2.00 bits per heavy atom. The highest BCUT2D eigenvalue weighted by atomic mass is 16.5. The summed E-state index contributed by atoms with van der Waals surface area (Å²) in [4.78, 5) is 0. The molecule has 168 valence electrons. The molecule has 0 aliphatic heterocycles. The zero-order chi connectivity index (χ0) is 22.1. The predicted molar refractivity (Wildman–Crippen MR) is 121 cm³/mol. The van der Waals surface area contributed by atoms with Gasteiger partial charge in [0.1, 0.15) is 0 Å². The van der Waals surface area contributed by atoms with Crippen LogP contribution in [0.15, 0.2) is 47.1 Å². The summed E-state index contributed by atoms with van der Waals surface area (Å²) >= 11 is 0. The van der Waals surface area contributed by atoms with Crippen molar-refractivity contribution in [1.82, 2.24) is 0 Å². The number of fused-ring (bicyclic) bond motifs is 1. The summed E-state index contributed by atoms with van der Waals surface area (Å²) in [6.07, 6.45) is 10.4. The number of rotatable bonds is 6. The van der Waals surface area contributed by atoms with Crippen LogP contribution in [0.3, 0.4) is 0 Å². The van der Waals surface area contributed by atoms with Gasteiger partial charge in [-0.3, -0.25) is 0 Å². The molecule has 3 aliphatic rings. The molecule has 0 radical (unpaired) electrons. The molecule has 6 atom stereocenters. The maximum Gasteiger partial charge on any atom is 0.0811 e. The van der Waals surface area contributed by atoms with Crippen LogP contribution in [0.2, 0.25) is 0 Å². The van der Waals surface area contributed by atoms with E-state index in [4.69, 9.17) is 4.74 Å². The van der Waals surface area contributed by atoms with Crippen LogP contribution >= 0.6 is 0 Å². The van der Waals surface area contributed by atoms with Crippen molar-refractivity contribution in [1.29, 1.82) is 0 Å². The smallest absolute Gasteiger partial charge is 0.0811 e. The van der Waals surface area contributed by atoms with Crippen LogP contribution in [0, 0.1) is 17.3 Å². The van der Waals surface area contributed by atoms with E-state index in [1.54, 1.807) is 0 Å². The summed E-state index contributed by atoms with van der Waals surface area (Å²) in [5, 5.41) is 30.2. The number of aliphatic hydroxyl groups excluding tert-OH is 3. The molecular weight excluding hydrogens is 376 g/mol. The van der Waals surface area contributed by atoms with Crippen molar-refractivity contribution in [3.8, 4) is 0 Å². The summed E-state index contributed by atoms with van der Waals surface area (Å²) in [6, 6.07) is 0. The highest BCUT2D eigenvalue weighted by Crippen LogP contribution is 2.55. The molecule has 0 spiro atoms. The molecule has 3 N–H and O–H groups in total. The van der Waals surface area contributed by atoms with Crippen molar-refractivity contribution in [3.63, 3.8) is 0 Å². The van der Waals surface area contributed by atoms with Crippen molar-refractivity contribution in [2.24, 2.45) is 17.3 Å². The monoisotopic (exact) mass is 416 g/mol. The first-order chi connectivity index (χ1) is 14.1. The van der Waals surface area contributed by atoms with Crippen LogP contribution in [-0.4, -0.2) is 46.3 Å². The molecule has 30 heavy (non-hydrogen) atoms. The van der Waals surface area contributed by atoms with Gasteiger partial charge in [0, 0.05) is 6.42 Å². The van der Waals surface area contributed by atoms with Gasteiger partial charge in [0.05, 0.1) is 31.0 Å². The zero-order valence-corrected chi connectivity index (χ0v) is 19.1. The minimum atomic E-state index is -0.644. The van der Waals surface area contributed by atoms with E-state index in [2.05, 4.69) is 38.7 Å². The van der Waals surface area contributed by atoms with Crippen LogP contribution in [0.5, 0.6) is 0 Å². The van der Waals surface area contributed by atoms with Gasteiger partial charge in [-0.15, -0.1) is 0 Å².